The van der Waals surface area contributed by atoms with Gasteiger partial charge in [-0.2, -0.15) is 0 Å². The number of hydrogen-bond acceptors (Lipinski definition) is 3. The molecule has 0 heterocycles. The summed E-state index contributed by atoms with van der Waals surface area (Å²) in [5.41, 5.74) is 4.28. The highest BCUT2D eigenvalue weighted by Crippen LogP contribution is 2.57. The second-order valence-electron chi connectivity index (χ2n) is 5.40. The van der Waals surface area contributed by atoms with Gasteiger partial charge in [-0.1, -0.05) is 12.1 Å². The maximum Gasteiger partial charge on any atom is 0.118 e. The van der Waals surface area contributed by atoms with E-state index in [1.54, 1.807) is 7.11 Å². The predicted molar refractivity (Wildman–Crippen MR) is 67.4 cm³/mol. The third-order valence-corrected chi connectivity index (χ3v) is 4.41. The summed E-state index contributed by atoms with van der Waals surface area (Å²) in [7, 11) is 1.69. The molecule has 3 unspecified atom stereocenters. The Morgan fingerprint density at radius 1 is 1.18 bits per heavy atom. The molecule has 0 aliphatic heterocycles. The first-order valence-corrected chi connectivity index (χ1v) is 6.42. The van der Waals surface area contributed by atoms with Crippen LogP contribution in [0.3, 0.4) is 0 Å². The lowest BCUT2D eigenvalue weighted by Crippen LogP contribution is -2.33. The van der Waals surface area contributed by atoms with Crippen molar-refractivity contribution in [1.29, 1.82) is 0 Å². The molecule has 3 rings (SSSR count). The molecule has 2 aliphatic rings. The Labute approximate surface area is 102 Å². The normalized spacial score (nSPS) is 32.0. The summed E-state index contributed by atoms with van der Waals surface area (Å²) in [5, 5.41) is 0. The molecule has 3 nitrogen and oxygen atoms in total. The van der Waals surface area contributed by atoms with Crippen LogP contribution in [-0.4, -0.2) is 7.11 Å². The molecule has 0 amide bonds. The highest BCUT2D eigenvalue weighted by molar-refractivity contribution is 5.29. The molecule has 17 heavy (non-hydrogen) atoms. The van der Waals surface area contributed by atoms with Gasteiger partial charge in [0.1, 0.15) is 5.75 Å². The zero-order valence-corrected chi connectivity index (χ0v) is 10.2. The van der Waals surface area contributed by atoms with Crippen molar-refractivity contribution in [2.45, 2.75) is 25.3 Å². The van der Waals surface area contributed by atoms with E-state index in [0.717, 1.165) is 17.6 Å². The fourth-order valence-corrected chi connectivity index (χ4v) is 3.35. The topological polar surface area (TPSA) is 47.3 Å². The minimum absolute atomic E-state index is 0.300. The number of methoxy groups -OCH3 is 1. The lowest BCUT2D eigenvalue weighted by atomic mass is 9.89. The van der Waals surface area contributed by atoms with Crippen molar-refractivity contribution in [3.63, 3.8) is 0 Å². The second-order valence-corrected chi connectivity index (χ2v) is 5.40. The van der Waals surface area contributed by atoms with Crippen molar-refractivity contribution in [2.75, 3.05) is 7.11 Å². The minimum Gasteiger partial charge on any atom is -0.497 e. The lowest BCUT2D eigenvalue weighted by Gasteiger charge is -2.24. The van der Waals surface area contributed by atoms with E-state index in [1.807, 2.05) is 12.1 Å². The molecule has 2 saturated carbocycles. The summed E-state index contributed by atoms with van der Waals surface area (Å²) in [6, 6.07) is 8.55. The molecule has 0 saturated heterocycles. The van der Waals surface area contributed by atoms with Gasteiger partial charge in [0.25, 0.3) is 0 Å². The highest BCUT2D eigenvalue weighted by atomic mass is 16.5. The number of fused-ring (bicyclic) bond motifs is 1. The number of benzene rings is 1. The number of nitrogens with two attached hydrogens (primary N) is 1. The zero-order valence-electron chi connectivity index (χ0n) is 10.2. The van der Waals surface area contributed by atoms with Gasteiger partial charge in [0.2, 0.25) is 0 Å². The maximum atomic E-state index is 5.73. The van der Waals surface area contributed by atoms with Crippen LogP contribution in [0.15, 0.2) is 24.3 Å². The van der Waals surface area contributed by atoms with E-state index in [-0.39, 0.29) is 0 Å². The Morgan fingerprint density at radius 3 is 2.35 bits per heavy atom. The van der Waals surface area contributed by atoms with Gasteiger partial charge < -0.3 is 4.74 Å². The Bertz CT molecular complexity index is 380. The van der Waals surface area contributed by atoms with Crippen molar-refractivity contribution in [3.05, 3.63) is 29.8 Å². The Morgan fingerprint density at radius 2 is 1.82 bits per heavy atom. The molecule has 0 bridgehead atoms. The van der Waals surface area contributed by atoms with Gasteiger partial charge >= 0.3 is 0 Å². The Kier molecular flexibility index (Phi) is 2.81. The highest BCUT2D eigenvalue weighted by Gasteiger charge is 2.47. The monoisotopic (exact) mass is 232 g/mol. The van der Waals surface area contributed by atoms with Gasteiger partial charge in [-0.3, -0.25) is 11.3 Å². The molecule has 3 atom stereocenters. The van der Waals surface area contributed by atoms with E-state index in [1.165, 1.54) is 24.8 Å². The van der Waals surface area contributed by atoms with Crippen LogP contribution in [0.5, 0.6) is 5.75 Å². The average Bonchev–Trinajstić information content (AvgIpc) is 2.98. The van der Waals surface area contributed by atoms with Crippen LogP contribution in [0.4, 0.5) is 0 Å². The van der Waals surface area contributed by atoms with E-state index in [9.17, 15) is 0 Å². The number of ether oxygens (including phenoxy) is 1. The van der Waals surface area contributed by atoms with Crippen LogP contribution in [0.1, 0.15) is 30.9 Å². The molecule has 92 valence electrons. The summed E-state index contributed by atoms with van der Waals surface area (Å²) in [6.45, 7) is 0. The van der Waals surface area contributed by atoms with Gasteiger partial charge in [-0.05, 0) is 54.7 Å². The number of rotatable bonds is 4. The van der Waals surface area contributed by atoms with E-state index in [2.05, 4.69) is 17.6 Å². The lowest BCUT2D eigenvalue weighted by molar-refractivity contribution is 0.345. The molecule has 1 aromatic carbocycles. The molecular weight excluding hydrogens is 212 g/mol. The van der Waals surface area contributed by atoms with Crippen LogP contribution in [0.2, 0.25) is 0 Å². The van der Waals surface area contributed by atoms with Crippen molar-refractivity contribution >= 4 is 0 Å². The average molecular weight is 232 g/mol. The smallest absolute Gasteiger partial charge is 0.118 e. The summed E-state index contributed by atoms with van der Waals surface area (Å²) >= 11 is 0. The van der Waals surface area contributed by atoms with Crippen molar-refractivity contribution in [1.82, 2.24) is 5.43 Å². The van der Waals surface area contributed by atoms with Gasteiger partial charge in [-0.15, -0.1) is 0 Å². The molecule has 3 heteroatoms. The SMILES string of the molecule is COc1ccc(C(NN)C2CC3CC3C2)cc1. The fourth-order valence-electron chi connectivity index (χ4n) is 3.35. The third-order valence-electron chi connectivity index (χ3n) is 4.41. The Hall–Kier alpha value is -1.06. The van der Waals surface area contributed by atoms with Crippen LogP contribution in [0.25, 0.3) is 0 Å². The molecule has 0 radical (unpaired) electrons. The van der Waals surface area contributed by atoms with E-state index < -0.39 is 0 Å². The van der Waals surface area contributed by atoms with Crippen LogP contribution in [-0.2, 0) is 0 Å². The van der Waals surface area contributed by atoms with Gasteiger partial charge in [-0.25, -0.2) is 0 Å². The van der Waals surface area contributed by atoms with Crippen molar-refractivity contribution < 1.29 is 4.74 Å². The summed E-state index contributed by atoms with van der Waals surface area (Å²) in [5.74, 6) is 9.33. The maximum absolute atomic E-state index is 5.73. The second kappa shape index (κ2) is 4.31. The zero-order chi connectivity index (χ0) is 11.8. The number of nitrogens with one attached hydrogen (secondary N) is 1. The number of hydrazine groups is 1. The molecule has 3 N–H and O–H groups in total. The van der Waals surface area contributed by atoms with Gasteiger partial charge in [0.05, 0.1) is 7.11 Å². The standard InChI is InChI=1S/C14H20N2O/c1-17-13-4-2-9(3-5-13)14(16-15)12-7-10-6-11(10)8-12/h2-5,10-12,14,16H,6-8,15H2,1H3. The van der Waals surface area contributed by atoms with Crippen molar-refractivity contribution in [3.8, 4) is 5.75 Å². The molecule has 1 aromatic rings. The summed E-state index contributed by atoms with van der Waals surface area (Å²) < 4.78 is 5.18. The first-order chi connectivity index (χ1) is 8.31. The largest absolute Gasteiger partial charge is 0.497 e. The molecular formula is C14H20N2O. The predicted octanol–water partition coefficient (Wildman–Crippen LogP) is 2.25. The van der Waals surface area contributed by atoms with E-state index >= 15 is 0 Å². The van der Waals surface area contributed by atoms with Gasteiger partial charge in [0.15, 0.2) is 0 Å². The summed E-state index contributed by atoms with van der Waals surface area (Å²) in [4.78, 5) is 0. The van der Waals surface area contributed by atoms with Crippen LogP contribution in [0, 0.1) is 17.8 Å². The van der Waals surface area contributed by atoms with E-state index in [4.69, 9.17) is 10.6 Å². The molecule has 2 fully saturated rings. The van der Waals surface area contributed by atoms with Crippen molar-refractivity contribution in [2.24, 2.45) is 23.6 Å². The van der Waals surface area contributed by atoms with Gasteiger partial charge in [0, 0.05) is 6.04 Å². The third kappa shape index (κ3) is 2.05. The first-order valence-electron chi connectivity index (χ1n) is 6.42. The van der Waals surface area contributed by atoms with E-state index in [0.29, 0.717) is 12.0 Å². The molecule has 0 spiro atoms. The minimum atomic E-state index is 0.300. The van der Waals surface area contributed by atoms with Crippen LogP contribution < -0.4 is 16.0 Å². The Balaban J connectivity index is 1.74. The number of hydrogen-bond donors (Lipinski definition) is 2. The fraction of sp³-hybridized carbons (Fsp3) is 0.571. The molecule has 2 aliphatic carbocycles. The molecule has 0 aromatic heterocycles. The quantitative estimate of drug-likeness (QED) is 0.618. The summed E-state index contributed by atoms with van der Waals surface area (Å²) in [6.07, 6.45) is 4.13. The van der Waals surface area contributed by atoms with Crippen LogP contribution >= 0.6 is 0 Å². The first kappa shape index (κ1) is 11.1.